The fourth-order valence-electron chi connectivity index (χ4n) is 4.45. The molecule has 2 aromatic heterocycles. The minimum Gasteiger partial charge on any atom is -0.397 e. The highest BCUT2D eigenvalue weighted by Crippen LogP contribution is 2.42. The fourth-order valence-corrected chi connectivity index (χ4v) is 5.44. The van der Waals surface area contributed by atoms with E-state index in [1.54, 1.807) is 0 Å². The number of hydrogen-bond acceptors (Lipinski definition) is 4. The highest BCUT2D eigenvalue weighted by atomic mass is 32.1. The quantitative estimate of drug-likeness (QED) is 0.520. The number of carbonyl (C=O) groups is 1. The minimum atomic E-state index is -0.162. The third-order valence-corrected chi connectivity index (χ3v) is 8.05. The van der Waals surface area contributed by atoms with Gasteiger partial charge in [0.2, 0.25) is 0 Å². The second-order valence-electron chi connectivity index (χ2n) is 9.35. The largest absolute Gasteiger partial charge is 0.397 e. The maximum absolute atomic E-state index is 13.0. The predicted molar refractivity (Wildman–Crippen MR) is 127 cm³/mol. The van der Waals surface area contributed by atoms with Crippen LogP contribution >= 0.6 is 11.3 Å². The zero-order chi connectivity index (χ0) is 21.6. The van der Waals surface area contributed by atoms with Crippen LogP contribution in [0.5, 0.6) is 0 Å². The number of carbonyl (C=O) groups excluding carboxylic acids is 1. The number of anilines is 2. The number of rotatable bonds is 4. The van der Waals surface area contributed by atoms with Crippen LogP contribution in [0.1, 0.15) is 65.7 Å². The van der Waals surface area contributed by atoms with Crippen molar-refractivity contribution in [2.75, 3.05) is 11.1 Å². The van der Waals surface area contributed by atoms with Crippen molar-refractivity contribution in [3.05, 3.63) is 51.5 Å². The fraction of sp³-hybridized carbons (Fsp3) is 0.440. The maximum Gasteiger partial charge on any atom is 0.267 e. The topological polar surface area (TPSA) is 68.0 Å². The first-order chi connectivity index (χ1) is 14.2. The van der Waals surface area contributed by atoms with Gasteiger partial charge in [0.25, 0.3) is 5.91 Å². The van der Waals surface area contributed by atoms with Crippen LogP contribution in [-0.4, -0.2) is 10.9 Å². The molecule has 3 aromatic rings. The Balaban J connectivity index is 1.65. The van der Waals surface area contributed by atoms with Crippen LogP contribution in [-0.2, 0) is 12.8 Å². The number of benzene rings is 1. The van der Waals surface area contributed by atoms with Gasteiger partial charge in [0, 0.05) is 16.8 Å². The Bertz CT molecular complexity index is 1130. The molecule has 1 aliphatic rings. The zero-order valence-electron chi connectivity index (χ0n) is 18.6. The normalized spacial score (nSPS) is 16.5. The molecule has 0 saturated carbocycles. The summed E-state index contributed by atoms with van der Waals surface area (Å²) in [6.45, 7) is 11.0. The summed E-state index contributed by atoms with van der Waals surface area (Å²) in [6.07, 6.45) is 4.39. The van der Waals surface area contributed by atoms with Crippen molar-refractivity contribution in [3.8, 4) is 0 Å². The molecule has 0 aliphatic heterocycles. The van der Waals surface area contributed by atoms with E-state index in [1.807, 2.05) is 26.0 Å². The van der Waals surface area contributed by atoms with Gasteiger partial charge in [0.1, 0.15) is 9.71 Å². The van der Waals surface area contributed by atoms with E-state index in [2.05, 4.69) is 38.2 Å². The van der Waals surface area contributed by atoms with Crippen molar-refractivity contribution < 1.29 is 4.79 Å². The summed E-state index contributed by atoms with van der Waals surface area (Å²) < 4.78 is 0. The average Bonchev–Trinajstić information content (AvgIpc) is 3.03. The number of nitrogens with two attached hydrogens (primary N) is 1. The van der Waals surface area contributed by atoms with Crippen LogP contribution in [0, 0.1) is 25.2 Å². The Morgan fingerprint density at radius 3 is 2.77 bits per heavy atom. The van der Waals surface area contributed by atoms with Crippen LogP contribution in [0.4, 0.5) is 11.4 Å². The molecular weight excluding hydrogens is 390 g/mol. The lowest BCUT2D eigenvalue weighted by Crippen LogP contribution is -2.29. The van der Waals surface area contributed by atoms with Gasteiger partial charge in [0.15, 0.2) is 0 Å². The van der Waals surface area contributed by atoms with Gasteiger partial charge >= 0.3 is 0 Å². The smallest absolute Gasteiger partial charge is 0.267 e. The lowest BCUT2D eigenvalue weighted by atomic mass is 9.69. The predicted octanol–water partition coefficient (Wildman–Crippen LogP) is 6.29. The first-order valence-electron chi connectivity index (χ1n) is 10.8. The van der Waals surface area contributed by atoms with Crippen molar-refractivity contribution in [2.24, 2.45) is 11.3 Å². The van der Waals surface area contributed by atoms with E-state index in [0.29, 0.717) is 21.9 Å². The molecule has 158 valence electrons. The van der Waals surface area contributed by atoms with E-state index in [9.17, 15) is 4.79 Å². The van der Waals surface area contributed by atoms with E-state index in [0.717, 1.165) is 34.3 Å². The summed E-state index contributed by atoms with van der Waals surface area (Å²) >= 11 is 1.40. The first kappa shape index (κ1) is 20.9. The molecule has 1 aliphatic carbocycles. The number of thiophene rings is 1. The number of nitrogens with zero attached hydrogens (tertiary/aromatic N) is 1. The molecule has 2 heterocycles. The van der Waals surface area contributed by atoms with Crippen LogP contribution in [0.25, 0.3) is 10.2 Å². The molecule has 0 spiro atoms. The standard InChI is InChI=1S/C25H31N3OS/c1-6-25(4,5)17-8-10-20-16(12-17)13-18-21(26)22(30-24(18)28-20)23(29)27-19-9-7-14(2)11-15(19)3/h7,9,11,13,17H,6,8,10,12,26H2,1-5H3,(H,27,29). The van der Waals surface area contributed by atoms with Gasteiger partial charge in [-0.05, 0) is 67.7 Å². The summed E-state index contributed by atoms with van der Waals surface area (Å²) in [4.78, 5) is 19.3. The van der Waals surface area contributed by atoms with Gasteiger partial charge in [-0.3, -0.25) is 4.79 Å². The van der Waals surface area contributed by atoms with Gasteiger partial charge < -0.3 is 11.1 Å². The summed E-state index contributed by atoms with van der Waals surface area (Å²) in [5, 5.41) is 3.94. The molecule has 1 atom stereocenters. The Morgan fingerprint density at radius 2 is 2.07 bits per heavy atom. The highest BCUT2D eigenvalue weighted by molar-refractivity contribution is 7.21. The van der Waals surface area contributed by atoms with Crippen LogP contribution in [0.2, 0.25) is 0 Å². The molecule has 1 aromatic carbocycles. The molecule has 1 amide bonds. The number of aromatic nitrogens is 1. The molecule has 0 radical (unpaired) electrons. The lowest BCUT2D eigenvalue weighted by Gasteiger charge is -2.36. The number of amides is 1. The highest BCUT2D eigenvalue weighted by Gasteiger charge is 2.32. The number of fused-ring (bicyclic) bond motifs is 2. The van der Waals surface area contributed by atoms with Crippen LogP contribution in [0.15, 0.2) is 24.3 Å². The third kappa shape index (κ3) is 3.71. The lowest BCUT2D eigenvalue weighted by molar-refractivity contribution is 0.103. The minimum absolute atomic E-state index is 0.162. The number of pyridine rings is 1. The zero-order valence-corrected chi connectivity index (χ0v) is 19.4. The maximum atomic E-state index is 13.0. The Hall–Kier alpha value is -2.40. The molecule has 4 rings (SSSR count). The molecule has 5 heteroatoms. The van der Waals surface area contributed by atoms with Gasteiger partial charge in [-0.25, -0.2) is 4.98 Å². The average molecular weight is 422 g/mol. The van der Waals surface area contributed by atoms with Crippen molar-refractivity contribution in [3.63, 3.8) is 0 Å². The molecule has 3 N–H and O–H groups in total. The van der Waals surface area contributed by atoms with Gasteiger partial charge in [-0.1, -0.05) is 44.9 Å². The Labute approximate surface area is 182 Å². The molecule has 30 heavy (non-hydrogen) atoms. The number of aryl methyl sites for hydroxylation is 3. The molecule has 4 nitrogen and oxygen atoms in total. The summed E-state index contributed by atoms with van der Waals surface area (Å²) in [7, 11) is 0. The number of nitrogen functional groups attached to an aromatic ring is 1. The van der Waals surface area contributed by atoms with Crippen LogP contribution in [0.3, 0.4) is 0 Å². The third-order valence-electron chi connectivity index (χ3n) is 6.94. The van der Waals surface area contributed by atoms with E-state index in [1.165, 1.54) is 41.0 Å². The number of nitrogens with one attached hydrogen (secondary N) is 1. The summed E-state index contributed by atoms with van der Waals surface area (Å²) in [6, 6.07) is 8.20. The molecule has 0 fully saturated rings. The van der Waals surface area contributed by atoms with Gasteiger partial charge in [-0.15, -0.1) is 11.3 Å². The van der Waals surface area contributed by atoms with Gasteiger partial charge in [0.05, 0.1) is 5.69 Å². The second kappa shape index (κ2) is 7.69. The molecule has 1 unspecified atom stereocenters. The SMILES string of the molecule is CCC(C)(C)C1CCc2nc3sc(C(=O)Nc4ccc(C)cc4C)c(N)c3cc2C1. The Morgan fingerprint density at radius 1 is 1.30 bits per heavy atom. The molecule has 0 bridgehead atoms. The van der Waals surface area contributed by atoms with Crippen molar-refractivity contribution >= 4 is 38.8 Å². The molecular formula is C25H31N3OS. The van der Waals surface area contributed by atoms with E-state index in [-0.39, 0.29) is 5.91 Å². The summed E-state index contributed by atoms with van der Waals surface area (Å²) in [5.41, 5.74) is 12.8. The van der Waals surface area contributed by atoms with Crippen LogP contribution < -0.4 is 11.1 Å². The molecule has 0 saturated heterocycles. The second-order valence-corrected chi connectivity index (χ2v) is 10.3. The van der Waals surface area contributed by atoms with Crippen molar-refractivity contribution in [1.82, 2.24) is 4.98 Å². The van der Waals surface area contributed by atoms with E-state index < -0.39 is 0 Å². The summed E-state index contributed by atoms with van der Waals surface area (Å²) in [5.74, 6) is 0.492. The number of hydrogen-bond donors (Lipinski definition) is 2. The van der Waals surface area contributed by atoms with Gasteiger partial charge in [-0.2, -0.15) is 0 Å². The van der Waals surface area contributed by atoms with E-state index >= 15 is 0 Å². The Kier molecular flexibility index (Phi) is 5.35. The van der Waals surface area contributed by atoms with Crippen molar-refractivity contribution in [1.29, 1.82) is 0 Å². The first-order valence-corrected chi connectivity index (χ1v) is 11.6. The van der Waals surface area contributed by atoms with E-state index in [4.69, 9.17) is 10.7 Å². The monoisotopic (exact) mass is 421 g/mol. The van der Waals surface area contributed by atoms with Crippen molar-refractivity contribution in [2.45, 2.75) is 60.3 Å².